The first-order chi connectivity index (χ1) is 10.9. The van der Waals surface area contributed by atoms with E-state index in [1.165, 1.54) is 18.0 Å². The van der Waals surface area contributed by atoms with Crippen molar-refractivity contribution in [2.24, 2.45) is 0 Å². The van der Waals surface area contributed by atoms with Gasteiger partial charge in [-0.15, -0.1) is 0 Å². The first-order valence-electron chi connectivity index (χ1n) is 6.97. The molecule has 0 saturated heterocycles. The topological polar surface area (TPSA) is 24.1 Å². The van der Waals surface area contributed by atoms with Crippen LogP contribution in [0, 0.1) is 0 Å². The van der Waals surface area contributed by atoms with E-state index in [0.29, 0.717) is 11.4 Å². The quantitative estimate of drug-likeness (QED) is 0.569. The van der Waals surface area contributed by atoms with Gasteiger partial charge in [-0.05, 0) is 71.3 Å². The molecule has 0 saturated carbocycles. The molecule has 0 atom stereocenters. The second-order valence-electron chi connectivity index (χ2n) is 4.15. The van der Waals surface area contributed by atoms with Crippen molar-refractivity contribution in [1.82, 2.24) is 4.72 Å². The van der Waals surface area contributed by atoms with Gasteiger partial charge in [-0.1, -0.05) is 19.9 Å². The van der Waals surface area contributed by atoms with E-state index in [1.54, 1.807) is 6.07 Å². The second kappa shape index (κ2) is 9.20. The number of alkyl halides is 3. The maximum atomic E-state index is 12.7. The summed E-state index contributed by atoms with van der Waals surface area (Å²) in [5.74, 6) is 0. The van der Waals surface area contributed by atoms with Gasteiger partial charge in [0.2, 0.25) is 0 Å². The van der Waals surface area contributed by atoms with Gasteiger partial charge in [-0.3, -0.25) is 4.72 Å². The number of nitrogens with one attached hydrogen (secondary N) is 2. The van der Waals surface area contributed by atoms with Crippen molar-refractivity contribution in [3.63, 3.8) is 0 Å². The van der Waals surface area contributed by atoms with Crippen molar-refractivity contribution in [2.75, 3.05) is 12.4 Å². The van der Waals surface area contributed by atoms with Crippen molar-refractivity contribution in [2.45, 2.75) is 24.9 Å². The molecule has 2 nitrogen and oxygen atoms in total. The van der Waals surface area contributed by atoms with Gasteiger partial charge >= 0.3 is 6.18 Å². The molecule has 2 aromatic rings. The largest absolute Gasteiger partial charge is 0.416 e. The van der Waals surface area contributed by atoms with Crippen molar-refractivity contribution in [3.05, 3.63) is 52.5 Å². The van der Waals surface area contributed by atoms with Gasteiger partial charge < -0.3 is 5.32 Å². The summed E-state index contributed by atoms with van der Waals surface area (Å²) in [6, 6.07) is 10.7. The molecule has 0 unspecified atom stereocenters. The van der Waals surface area contributed by atoms with Crippen LogP contribution in [0.4, 0.5) is 24.5 Å². The third-order valence-corrected chi connectivity index (χ3v) is 3.98. The lowest BCUT2D eigenvalue weighted by Gasteiger charge is -2.12. The number of hydrogen-bond donors (Lipinski definition) is 2. The van der Waals surface area contributed by atoms with Crippen molar-refractivity contribution in [3.8, 4) is 0 Å². The Balaban J connectivity index is 0.00000127. The number of rotatable bonds is 4. The Morgan fingerprint density at radius 3 is 2.30 bits per heavy atom. The Labute approximate surface area is 147 Å². The molecule has 7 heteroatoms. The highest BCUT2D eigenvalue weighted by molar-refractivity contribution is 9.10. The fourth-order valence-corrected chi connectivity index (χ4v) is 2.89. The van der Waals surface area contributed by atoms with Crippen LogP contribution in [0.1, 0.15) is 19.4 Å². The molecule has 0 aliphatic carbocycles. The third-order valence-electron chi connectivity index (χ3n) is 2.63. The van der Waals surface area contributed by atoms with E-state index in [4.69, 9.17) is 0 Å². The summed E-state index contributed by atoms with van der Waals surface area (Å²) in [6.07, 6.45) is -4.35. The summed E-state index contributed by atoms with van der Waals surface area (Å²) in [7, 11) is 1.81. The van der Waals surface area contributed by atoms with E-state index in [0.717, 1.165) is 21.5 Å². The van der Waals surface area contributed by atoms with Crippen molar-refractivity contribution < 1.29 is 13.2 Å². The molecule has 0 aliphatic rings. The third kappa shape index (κ3) is 6.08. The van der Waals surface area contributed by atoms with Gasteiger partial charge in [0, 0.05) is 15.1 Å². The first kappa shape index (κ1) is 19.9. The monoisotopic (exact) mass is 406 g/mol. The Hall–Kier alpha value is -1.18. The maximum absolute atomic E-state index is 12.7. The average molecular weight is 407 g/mol. The average Bonchev–Trinajstić information content (AvgIpc) is 2.52. The lowest BCUT2D eigenvalue weighted by Crippen LogP contribution is -2.05. The van der Waals surface area contributed by atoms with E-state index in [2.05, 4.69) is 26.0 Å². The summed E-state index contributed by atoms with van der Waals surface area (Å²) >= 11 is 4.86. The smallest absolute Gasteiger partial charge is 0.355 e. The van der Waals surface area contributed by atoms with Crippen molar-refractivity contribution >= 4 is 39.3 Å². The summed E-state index contributed by atoms with van der Waals surface area (Å²) in [6.45, 7) is 4.00. The van der Waals surface area contributed by atoms with E-state index < -0.39 is 11.7 Å². The van der Waals surface area contributed by atoms with E-state index in [-0.39, 0.29) is 0 Å². The molecule has 2 aromatic carbocycles. The molecule has 0 amide bonds. The highest BCUT2D eigenvalue weighted by atomic mass is 79.9. The molecule has 2 N–H and O–H groups in total. The summed E-state index contributed by atoms with van der Waals surface area (Å²) in [5, 5.41) is 2.98. The van der Waals surface area contributed by atoms with Crippen LogP contribution in [0.3, 0.4) is 0 Å². The van der Waals surface area contributed by atoms with Crippen LogP contribution in [0.2, 0.25) is 0 Å². The van der Waals surface area contributed by atoms with Gasteiger partial charge in [-0.2, -0.15) is 13.2 Å². The van der Waals surface area contributed by atoms with Crippen molar-refractivity contribution in [1.29, 1.82) is 0 Å². The van der Waals surface area contributed by atoms with Crippen LogP contribution in [0.15, 0.2) is 51.8 Å². The highest BCUT2D eigenvalue weighted by Crippen LogP contribution is 2.33. The zero-order valence-electron chi connectivity index (χ0n) is 13.0. The van der Waals surface area contributed by atoms with E-state index >= 15 is 0 Å². The van der Waals surface area contributed by atoms with Crippen LogP contribution < -0.4 is 10.0 Å². The minimum atomic E-state index is -4.35. The Morgan fingerprint density at radius 1 is 1.04 bits per heavy atom. The molecule has 0 fully saturated rings. The molecule has 0 aliphatic heterocycles. The van der Waals surface area contributed by atoms with Gasteiger partial charge in [0.15, 0.2) is 0 Å². The van der Waals surface area contributed by atoms with Crippen LogP contribution in [-0.4, -0.2) is 7.05 Å². The fraction of sp³-hybridized carbons (Fsp3) is 0.250. The highest BCUT2D eigenvalue weighted by Gasteiger charge is 2.30. The van der Waals surface area contributed by atoms with Crippen LogP contribution in [-0.2, 0) is 6.18 Å². The molecule has 2 rings (SSSR count). The molecule has 0 spiro atoms. The summed E-state index contributed by atoms with van der Waals surface area (Å²) in [5.41, 5.74) is 0.417. The lowest BCUT2D eigenvalue weighted by atomic mass is 10.2. The van der Waals surface area contributed by atoms with Crippen LogP contribution >= 0.6 is 27.9 Å². The van der Waals surface area contributed by atoms with E-state index in [1.807, 2.05) is 39.1 Å². The summed E-state index contributed by atoms with van der Waals surface area (Å²) < 4.78 is 41.8. The molecule has 126 valence electrons. The van der Waals surface area contributed by atoms with E-state index in [9.17, 15) is 13.2 Å². The molecule has 0 aromatic heterocycles. The number of halogens is 4. The zero-order chi connectivity index (χ0) is 17.5. The SMILES string of the molecule is CC.CNSc1ccc(Nc2cccc(C(F)(F)F)c2)c(Br)c1. The number of benzene rings is 2. The fourth-order valence-electron chi connectivity index (χ4n) is 1.71. The van der Waals surface area contributed by atoms with Crippen LogP contribution in [0.25, 0.3) is 0 Å². The molecule has 0 radical (unpaired) electrons. The van der Waals surface area contributed by atoms with Gasteiger partial charge in [0.25, 0.3) is 0 Å². The minimum Gasteiger partial charge on any atom is -0.355 e. The Bertz CT molecular complexity index is 633. The van der Waals surface area contributed by atoms with Crippen LogP contribution in [0.5, 0.6) is 0 Å². The predicted octanol–water partition coefficient (Wildman–Crippen LogP) is 6.46. The standard InChI is InChI=1S/C14H12BrF3N2S.C2H6/c1-19-21-11-5-6-13(12(15)8-11)20-10-4-2-3-9(7-10)14(16,17)18;1-2/h2-8,19-20H,1H3;1-2H3. The Kier molecular flexibility index (Phi) is 7.94. The number of hydrogen-bond acceptors (Lipinski definition) is 3. The molecule has 0 heterocycles. The molecule has 0 bridgehead atoms. The Morgan fingerprint density at radius 2 is 1.74 bits per heavy atom. The second-order valence-corrected chi connectivity index (χ2v) is 6.09. The van der Waals surface area contributed by atoms with Gasteiger partial charge in [0.1, 0.15) is 0 Å². The predicted molar refractivity (Wildman–Crippen MR) is 95.1 cm³/mol. The molecule has 23 heavy (non-hydrogen) atoms. The minimum absolute atomic E-state index is 0.388. The maximum Gasteiger partial charge on any atom is 0.416 e. The van der Waals surface area contributed by atoms with Gasteiger partial charge in [-0.25, -0.2) is 0 Å². The molecular weight excluding hydrogens is 389 g/mol. The molecular formula is C16H18BrF3N2S. The normalized spacial score (nSPS) is 10.7. The number of anilines is 2. The lowest BCUT2D eigenvalue weighted by molar-refractivity contribution is -0.137. The van der Waals surface area contributed by atoms with Gasteiger partial charge in [0.05, 0.1) is 11.3 Å². The first-order valence-corrected chi connectivity index (χ1v) is 8.58. The summed E-state index contributed by atoms with van der Waals surface area (Å²) in [4.78, 5) is 0.999. The zero-order valence-corrected chi connectivity index (χ0v) is 15.4.